The predicted molar refractivity (Wildman–Crippen MR) is 77.0 cm³/mol. The van der Waals surface area contributed by atoms with Gasteiger partial charge >= 0.3 is 6.18 Å². The molecule has 0 aliphatic carbocycles. The van der Waals surface area contributed by atoms with Crippen LogP contribution in [0.3, 0.4) is 0 Å². The zero-order valence-corrected chi connectivity index (χ0v) is 11.4. The van der Waals surface area contributed by atoms with Crippen LogP contribution in [-0.2, 0) is 6.18 Å². The molecule has 0 aromatic heterocycles. The van der Waals surface area contributed by atoms with Crippen molar-refractivity contribution in [3.8, 4) is 0 Å². The summed E-state index contributed by atoms with van der Waals surface area (Å²) in [4.78, 5) is -0.0615. The SMILES string of the molecule is NC(=S)c1ccc(Nc2ccc(C(F)(F)F)cc2)cc1F. The maximum atomic E-state index is 13.7. The van der Waals surface area contributed by atoms with E-state index in [1.165, 1.54) is 30.3 Å². The van der Waals surface area contributed by atoms with Gasteiger partial charge in [-0.05, 0) is 42.5 Å². The third kappa shape index (κ3) is 3.69. The van der Waals surface area contributed by atoms with Gasteiger partial charge in [0.2, 0.25) is 0 Å². The molecule has 0 heterocycles. The lowest BCUT2D eigenvalue weighted by atomic mass is 10.1. The van der Waals surface area contributed by atoms with E-state index in [4.69, 9.17) is 5.73 Å². The van der Waals surface area contributed by atoms with Gasteiger partial charge in [0.1, 0.15) is 10.8 Å². The standard InChI is InChI=1S/C14H10F4N2S/c15-12-7-10(5-6-11(12)13(19)21)20-9-3-1-8(2-4-9)14(16,17)18/h1-7,20H,(H2,19,21). The Balaban J connectivity index is 2.19. The zero-order valence-electron chi connectivity index (χ0n) is 10.5. The second kappa shape index (κ2) is 5.69. The molecule has 2 aromatic carbocycles. The minimum absolute atomic E-state index is 0.0615. The average molecular weight is 314 g/mol. The fraction of sp³-hybridized carbons (Fsp3) is 0.0714. The molecule has 0 aliphatic rings. The van der Waals surface area contributed by atoms with Crippen LogP contribution in [-0.4, -0.2) is 4.99 Å². The van der Waals surface area contributed by atoms with E-state index in [0.717, 1.165) is 12.1 Å². The van der Waals surface area contributed by atoms with E-state index in [-0.39, 0.29) is 10.6 Å². The number of hydrogen-bond donors (Lipinski definition) is 2. The normalized spacial score (nSPS) is 11.2. The summed E-state index contributed by atoms with van der Waals surface area (Å²) in [6.45, 7) is 0. The van der Waals surface area contributed by atoms with Gasteiger partial charge in [-0.1, -0.05) is 12.2 Å². The quantitative estimate of drug-likeness (QED) is 0.658. The molecule has 0 saturated carbocycles. The van der Waals surface area contributed by atoms with Crippen molar-refractivity contribution in [2.24, 2.45) is 5.73 Å². The van der Waals surface area contributed by atoms with Gasteiger partial charge in [0, 0.05) is 16.9 Å². The van der Waals surface area contributed by atoms with Crippen LogP contribution in [0.4, 0.5) is 28.9 Å². The summed E-state index contributed by atoms with van der Waals surface area (Å²) in [5.74, 6) is -0.598. The molecule has 2 aromatic rings. The number of thiocarbonyl (C=S) groups is 1. The summed E-state index contributed by atoms with van der Waals surface area (Å²) < 4.78 is 50.9. The third-order valence-electron chi connectivity index (χ3n) is 2.74. The number of nitrogens with two attached hydrogens (primary N) is 1. The van der Waals surface area contributed by atoms with Crippen molar-refractivity contribution < 1.29 is 17.6 Å². The Labute approximate surface area is 123 Å². The predicted octanol–water partition coefficient (Wildman–Crippen LogP) is 4.22. The van der Waals surface area contributed by atoms with Gasteiger partial charge in [0.25, 0.3) is 0 Å². The largest absolute Gasteiger partial charge is 0.416 e. The number of nitrogens with one attached hydrogen (secondary N) is 1. The summed E-state index contributed by atoms with van der Waals surface area (Å²) in [5.41, 5.74) is 5.50. The topological polar surface area (TPSA) is 38.0 Å². The van der Waals surface area contributed by atoms with Crippen LogP contribution in [0.5, 0.6) is 0 Å². The van der Waals surface area contributed by atoms with Gasteiger partial charge in [-0.3, -0.25) is 0 Å². The Kier molecular flexibility index (Phi) is 4.13. The van der Waals surface area contributed by atoms with Crippen molar-refractivity contribution in [2.75, 3.05) is 5.32 Å². The zero-order chi connectivity index (χ0) is 15.6. The first-order valence-electron chi connectivity index (χ1n) is 5.81. The highest BCUT2D eigenvalue weighted by atomic mass is 32.1. The Hall–Kier alpha value is -2.15. The number of alkyl halides is 3. The molecule has 2 nitrogen and oxygen atoms in total. The summed E-state index contributed by atoms with van der Waals surface area (Å²) in [7, 11) is 0. The van der Waals surface area contributed by atoms with Crippen LogP contribution in [0, 0.1) is 5.82 Å². The van der Waals surface area contributed by atoms with Crippen molar-refractivity contribution >= 4 is 28.6 Å². The second-order valence-electron chi connectivity index (χ2n) is 4.26. The Morgan fingerprint density at radius 2 is 1.57 bits per heavy atom. The molecular formula is C14H10F4N2S. The fourth-order valence-corrected chi connectivity index (χ4v) is 1.87. The van der Waals surface area contributed by atoms with E-state index in [2.05, 4.69) is 17.5 Å². The lowest BCUT2D eigenvalue weighted by Gasteiger charge is -2.10. The van der Waals surface area contributed by atoms with Crippen LogP contribution < -0.4 is 11.1 Å². The Morgan fingerprint density at radius 1 is 1.00 bits per heavy atom. The van der Waals surface area contributed by atoms with E-state index in [1.807, 2.05) is 0 Å². The number of hydrogen-bond acceptors (Lipinski definition) is 2. The molecule has 110 valence electrons. The van der Waals surface area contributed by atoms with E-state index in [0.29, 0.717) is 11.4 Å². The molecule has 0 radical (unpaired) electrons. The smallest absolute Gasteiger partial charge is 0.389 e. The molecule has 0 saturated heterocycles. The van der Waals surface area contributed by atoms with Crippen LogP contribution in [0.1, 0.15) is 11.1 Å². The lowest BCUT2D eigenvalue weighted by molar-refractivity contribution is -0.137. The summed E-state index contributed by atoms with van der Waals surface area (Å²) in [5, 5.41) is 2.80. The average Bonchev–Trinajstić information content (AvgIpc) is 2.38. The first-order valence-corrected chi connectivity index (χ1v) is 6.22. The highest BCUT2D eigenvalue weighted by molar-refractivity contribution is 7.80. The van der Waals surface area contributed by atoms with E-state index in [9.17, 15) is 17.6 Å². The highest BCUT2D eigenvalue weighted by Crippen LogP contribution is 2.30. The van der Waals surface area contributed by atoms with Crippen molar-refractivity contribution in [3.05, 3.63) is 59.4 Å². The molecule has 7 heteroatoms. The van der Waals surface area contributed by atoms with Gasteiger partial charge in [-0.15, -0.1) is 0 Å². The summed E-state index contributed by atoms with van der Waals surface area (Å²) in [6, 6.07) is 8.54. The maximum Gasteiger partial charge on any atom is 0.416 e. The van der Waals surface area contributed by atoms with Crippen LogP contribution >= 0.6 is 12.2 Å². The van der Waals surface area contributed by atoms with Crippen molar-refractivity contribution in [2.45, 2.75) is 6.18 Å². The molecule has 0 fully saturated rings. The van der Waals surface area contributed by atoms with Crippen LogP contribution in [0.25, 0.3) is 0 Å². The van der Waals surface area contributed by atoms with Crippen LogP contribution in [0.2, 0.25) is 0 Å². The molecule has 2 rings (SSSR count). The van der Waals surface area contributed by atoms with Gasteiger partial charge < -0.3 is 11.1 Å². The van der Waals surface area contributed by atoms with Gasteiger partial charge in [0.05, 0.1) is 5.56 Å². The van der Waals surface area contributed by atoms with E-state index in [1.54, 1.807) is 0 Å². The van der Waals surface area contributed by atoms with Crippen molar-refractivity contribution in [3.63, 3.8) is 0 Å². The van der Waals surface area contributed by atoms with E-state index >= 15 is 0 Å². The summed E-state index contributed by atoms with van der Waals surface area (Å²) >= 11 is 4.68. The van der Waals surface area contributed by atoms with Crippen molar-refractivity contribution in [1.82, 2.24) is 0 Å². The lowest BCUT2D eigenvalue weighted by Crippen LogP contribution is -2.11. The number of rotatable bonds is 3. The second-order valence-corrected chi connectivity index (χ2v) is 4.70. The minimum Gasteiger partial charge on any atom is -0.389 e. The molecule has 0 atom stereocenters. The molecule has 0 spiro atoms. The highest BCUT2D eigenvalue weighted by Gasteiger charge is 2.29. The fourth-order valence-electron chi connectivity index (χ4n) is 1.70. The van der Waals surface area contributed by atoms with Crippen molar-refractivity contribution in [1.29, 1.82) is 0 Å². The molecular weight excluding hydrogens is 304 g/mol. The maximum absolute atomic E-state index is 13.7. The number of halogens is 4. The van der Waals surface area contributed by atoms with Crippen LogP contribution in [0.15, 0.2) is 42.5 Å². The molecule has 0 amide bonds. The number of benzene rings is 2. The molecule has 21 heavy (non-hydrogen) atoms. The third-order valence-corrected chi connectivity index (χ3v) is 2.96. The summed E-state index contributed by atoms with van der Waals surface area (Å²) in [6.07, 6.45) is -4.39. The first-order chi connectivity index (χ1) is 9.77. The molecule has 0 aliphatic heterocycles. The molecule has 0 bridgehead atoms. The molecule has 0 unspecified atom stereocenters. The number of anilines is 2. The molecule has 3 N–H and O–H groups in total. The van der Waals surface area contributed by atoms with Gasteiger partial charge in [-0.2, -0.15) is 13.2 Å². The Bertz CT molecular complexity index is 666. The first kappa shape index (κ1) is 15.2. The Morgan fingerprint density at radius 3 is 2.05 bits per heavy atom. The van der Waals surface area contributed by atoms with Gasteiger partial charge in [-0.25, -0.2) is 4.39 Å². The van der Waals surface area contributed by atoms with E-state index < -0.39 is 17.6 Å². The monoisotopic (exact) mass is 314 g/mol. The minimum atomic E-state index is -4.39. The van der Waals surface area contributed by atoms with Gasteiger partial charge in [0.15, 0.2) is 0 Å².